The highest BCUT2D eigenvalue weighted by Crippen LogP contribution is 2.35. The monoisotopic (exact) mass is 527 g/mol. The number of amides is 2. The van der Waals surface area contributed by atoms with Gasteiger partial charge in [0.1, 0.15) is 12.4 Å². The molecule has 4 nitrogen and oxygen atoms in total. The van der Waals surface area contributed by atoms with Gasteiger partial charge in [-0.3, -0.25) is 14.5 Å². The number of nitrogens with zero attached hydrogens (tertiary/aromatic N) is 1. The molecule has 1 aliphatic heterocycles. The predicted octanol–water partition coefficient (Wildman–Crippen LogP) is 7.23. The van der Waals surface area contributed by atoms with E-state index in [0.29, 0.717) is 22.3 Å². The maximum Gasteiger partial charge on any atom is 0.293 e. The molecule has 2 amide bonds. The van der Waals surface area contributed by atoms with Crippen molar-refractivity contribution < 1.29 is 14.3 Å². The highest BCUT2D eigenvalue weighted by Gasteiger charge is 2.35. The molecule has 0 radical (unpaired) electrons. The number of ether oxygens (including phenoxy) is 1. The fourth-order valence-electron chi connectivity index (χ4n) is 3.13. The molecule has 1 heterocycles. The van der Waals surface area contributed by atoms with Crippen LogP contribution in [-0.4, -0.2) is 16.0 Å². The summed E-state index contributed by atoms with van der Waals surface area (Å²) in [7, 11) is 0. The molecular formula is C25H19BrClNO3S. The van der Waals surface area contributed by atoms with E-state index < -0.39 is 0 Å². The Hall–Kier alpha value is -2.54. The standard InChI is InChI=1S/C25H19BrClNO3S/c1-16-2-4-18(5-3-16)15-31-22-11-8-19(12-21(22)27)13-23-24(29)28(25(30)32-23)14-17-6-9-20(26)10-7-17/h2-13H,14-15H2,1H3/b23-13-. The lowest BCUT2D eigenvalue weighted by molar-refractivity contribution is -0.123. The Bertz CT molecular complexity index is 1190. The van der Waals surface area contributed by atoms with Crippen LogP contribution in [0.2, 0.25) is 5.02 Å². The Labute approximate surface area is 204 Å². The summed E-state index contributed by atoms with van der Waals surface area (Å²) in [6.45, 7) is 2.69. The van der Waals surface area contributed by atoms with Crippen molar-refractivity contribution in [2.45, 2.75) is 20.1 Å². The van der Waals surface area contributed by atoms with Crippen molar-refractivity contribution in [2.75, 3.05) is 0 Å². The molecule has 0 aromatic heterocycles. The minimum absolute atomic E-state index is 0.238. The Morgan fingerprint density at radius 2 is 1.69 bits per heavy atom. The fraction of sp³-hybridized carbons (Fsp3) is 0.120. The van der Waals surface area contributed by atoms with Gasteiger partial charge in [0.2, 0.25) is 0 Å². The maximum absolute atomic E-state index is 12.8. The lowest BCUT2D eigenvalue weighted by Crippen LogP contribution is -2.27. The molecule has 1 saturated heterocycles. The van der Waals surface area contributed by atoms with Gasteiger partial charge in [-0.1, -0.05) is 75.6 Å². The zero-order valence-corrected chi connectivity index (χ0v) is 20.3. The third-order valence-electron chi connectivity index (χ3n) is 4.90. The second kappa shape index (κ2) is 9.94. The number of imide groups is 1. The van der Waals surface area contributed by atoms with Crippen molar-refractivity contribution in [3.05, 3.63) is 103 Å². The molecular weight excluding hydrogens is 510 g/mol. The number of rotatable bonds is 6. The Balaban J connectivity index is 1.44. The molecule has 0 bridgehead atoms. The summed E-state index contributed by atoms with van der Waals surface area (Å²) in [6, 6.07) is 21.0. The zero-order valence-electron chi connectivity index (χ0n) is 17.2. The minimum atomic E-state index is -0.307. The number of hydrogen-bond donors (Lipinski definition) is 0. The SMILES string of the molecule is Cc1ccc(COc2ccc(/C=C3\SC(=O)N(Cc4ccc(Br)cc4)C3=O)cc2Cl)cc1. The van der Waals surface area contributed by atoms with Crippen LogP contribution in [0.25, 0.3) is 6.08 Å². The first-order valence-corrected chi connectivity index (χ1v) is 11.9. The number of aryl methyl sites for hydroxylation is 1. The maximum atomic E-state index is 12.8. The van der Waals surface area contributed by atoms with Gasteiger partial charge in [0, 0.05) is 4.47 Å². The molecule has 3 aromatic rings. The van der Waals surface area contributed by atoms with E-state index in [0.717, 1.165) is 32.9 Å². The van der Waals surface area contributed by atoms with Gasteiger partial charge in [-0.05, 0) is 65.7 Å². The summed E-state index contributed by atoms with van der Waals surface area (Å²) in [5.41, 5.74) is 3.86. The molecule has 1 aliphatic rings. The van der Waals surface area contributed by atoms with Crippen LogP contribution >= 0.6 is 39.3 Å². The molecule has 0 N–H and O–H groups in total. The second-order valence-corrected chi connectivity index (χ2v) is 9.67. The van der Waals surface area contributed by atoms with Crippen LogP contribution in [-0.2, 0) is 17.9 Å². The van der Waals surface area contributed by atoms with Gasteiger partial charge in [0.25, 0.3) is 11.1 Å². The smallest absolute Gasteiger partial charge is 0.293 e. The molecule has 0 spiro atoms. The number of thioether (sulfide) groups is 1. The van der Waals surface area contributed by atoms with Gasteiger partial charge in [-0.25, -0.2) is 0 Å². The van der Waals surface area contributed by atoms with Gasteiger partial charge in [0.15, 0.2) is 0 Å². The normalized spacial score (nSPS) is 15.0. The lowest BCUT2D eigenvalue weighted by Gasteiger charge is -2.12. The topological polar surface area (TPSA) is 46.6 Å². The largest absolute Gasteiger partial charge is 0.487 e. The third kappa shape index (κ3) is 5.44. The van der Waals surface area contributed by atoms with E-state index in [9.17, 15) is 9.59 Å². The average molecular weight is 529 g/mol. The van der Waals surface area contributed by atoms with E-state index in [1.807, 2.05) is 61.5 Å². The Morgan fingerprint density at radius 3 is 2.38 bits per heavy atom. The van der Waals surface area contributed by atoms with E-state index >= 15 is 0 Å². The number of carbonyl (C=O) groups is 2. The third-order valence-corrected chi connectivity index (χ3v) is 6.63. The fourth-order valence-corrected chi connectivity index (χ4v) is 4.48. The second-order valence-electron chi connectivity index (χ2n) is 7.36. The first-order chi connectivity index (χ1) is 15.4. The van der Waals surface area contributed by atoms with E-state index in [4.69, 9.17) is 16.3 Å². The van der Waals surface area contributed by atoms with Crippen molar-refractivity contribution in [2.24, 2.45) is 0 Å². The number of halogens is 2. The first kappa shape index (κ1) is 22.6. The van der Waals surface area contributed by atoms with Gasteiger partial charge in [-0.15, -0.1) is 0 Å². The van der Waals surface area contributed by atoms with Crippen molar-refractivity contribution >= 4 is 56.5 Å². The highest BCUT2D eigenvalue weighted by atomic mass is 79.9. The number of benzene rings is 3. The van der Waals surface area contributed by atoms with Crippen LogP contribution in [0, 0.1) is 6.92 Å². The van der Waals surface area contributed by atoms with Gasteiger partial charge in [0.05, 0.1) is 16.5 Å². The van der Waals surface area contributed by atoms with Crippen LogP contribution in [0.15, 0.2) is 76.1 Å². The predicted molar refractivity (Wildman–Crippen MR) is 133 cm³/mol. The van der Waals surface area contributed by atoms with Crippen LogP contribution < -0.4 is 4.74 Å². The average Bonchev–Trinajstić information content (AvgIpc) is 3.03. The molecule has 1 fully saturated rings. The van der Waals surface area contributed by atoms with E-state index in [-0.39, 0.29) is 17.7 Å². The van der Waals surface area contributed by atoms with Gasteiger partial charge >= 0.3 is 0 Å². The molecule has 162 valence electrons. The Kier molecular flexibility index (Phi) is 7.04. The van der Waals surface area contributed by atoms with Crippen molar-refractivity contribution in [3.8, 4) is 5.75 Å². The van der Waals surface area contributed by atoms with Crippen LogP contribution in [0.3, 0.4) is 0 Å². The molecule has 7 heteroatoms. The summed E-state index contributed by atoms with van der Waals surface area (Å²) >= 11 is 10.7. The quantitative estimate of drug-likeness (QED) is 0.317. The first-order valence-electron chi connectivity index (χ1n) is 9.87. The zero-order chi connectivity index (χ0) is 22.7. The highest BCUT2D eigenvalue weighted by molar-refractivity contribution is 9.10. The summed E-state index contributed by atoms with van der Waals surface area (Å²) in [6.07, 6.45) is 1.68. The van der Waals surface area contributed by atoms with Gasteiger partial charge < -0.3 is 4.74 Å². The van der Waals surface area contributed by atoms with Crippen LogP contribution in [0.1, 0.15) is 22.3 Å². The van der Waals surface area contributed by atoms with Gasteiger partial charge in [-0.2, -0.15) is 0 Å². The molecule has 0 atom stereocenters. The minimum Gasteiger partial charge on any atom is -0.487 e. The summed E-state index contributed by atoms with van der Waals surface area (Å²) in [5.74, 6) is 0.256. The molecule has 32 heavy (non-hydrogen) atoms. The van der Waals surface area contributed by atoms with Crippen molar-refractivity contribution in [1.29, 1.82) is 0 Å². The molecule has 4 rings (SSSR count). The van der Waals surface area contributed by atoms with Crippen molar-refractivity contribution in [3.63, 3.8) is 0 Å². The Morgan fingerprint density at radius 1 is 1.00 bits per heavy atom. The molecule has 0 unspecified atom stereocenters. The summed E-state index contributed by atoms with van der Waals surface area (Å²) < 4.78 is 6.77. The van der Waals surface area contributed by atoms with E-state index in [2.05, 4.69) is 15.9 Å². The summed E-state index contributed by atoms with van der Waals surface area (Å²) in [4.78, 5) is 26.8. The molecule has 0 aliphatic carbocycles. The van der Waals surface area contributed by atoms with Crippen LogP contribution in [0.4, 0.5) is 4.79 Å². The lowest BCUT2D eigenvalue weighted by atomic mass is 10.1. The number of hydrogen-bond acceptors (Lipinski definition) is 4. The van der Waals surface area contributed by atoms with Crippen molar-refractivity contribution in [1.82, 2.24) is 4.90 Å². The molecule has 3 aromatic carbocycles. The number of carbonyl (C=O) groups excluding carboxylic acids is 2. The summed E-state index contributed by atoms with van der Waals surface area (Å²) in [5, 5.41) is 0.160. The molecule has 0 saturated carbocycles. The van der Waals surface area contributed by atoms with Crippen LogP contribution in [0.5, 0.6) is 5.75 Å². The van der Waals surface area contributed by atoms with E-state index in [1.54, 1.807) is 18.2 Å². The van der Waals surface area contributed by atoms with E-state index in [1.165, 1.54) is 10.5 Å².